The first-order valence-electron chi connectivity index (χ1n) is 8.27. The van der Waals surface area contributed by atoms with E-state index in [4.69, 9.17) is 14.2 Å². The summed E-state index contributed by atoms with van der Waals surface area (Å²) in [6.07, 6.45) is 0. The summed E-state index contributed by atoms with van der Waals surface area (Å²) in [5, 5.41) is 2.55. The highest BCUT2D eigenvalue weighted by Crippen LogP contribution is 2.29. The second-order valence-electron chi connectivity index (χ2n) is 5.70. The fraction of sp³-hybridized carbons (Fsp3) is 0.250. The third-order valence-electron chi connectivity index (χ3n) is 3.89. The highest BCUT2D eigenvalue weighted by atomic mass is 16.5. The van der Waals surface area contributed by atoms with Crippen LogP contribution in [0, 0.1) is 6.92 Å². The number of amides is 1. The molecule has 0 atom stereocenters. The van der Waals surface area contributed by atoms with Crippen LogP contribution in [0.25, 0.3) is 0 Å². The molecule has 0 saturated carbocycles. The van der Waals surface area contributed by atoms with Crippen molar-refractivity contribution in [1.29, 1.82) is 0 Å². The minimum Gasteiger partial charge on any atom is -0.496 e. The van der Waals surface area contributed by atoms with E-state index in [1.54, 1.807) is 25.1 Å². The fourth-order valence-electron chi connectivity index (χ4n) is 2.46. The summed E-state index contributed by atoms with van der Waals surface area (Å²) in [5.74, 6) is -0.841. The molecular weight excluding hydrogens is 366 g/mol. The third kappa shape index (κ3) is 5.00. The highest BCUT2D eigenvalue weighted by molar-refractivity contribution is 5.97. The molecule has 0 aliphatic rings. The van der Waals surface area contributed by atoms with Crippen LogP contribution in [0.2, 0.25) is 0 Å². The minimum absolute atomic E-state index is 0.194. The molecule has 0 saturated heterocycles. The number of esters is 2. The first kappa shape index (κ1) is 20.8. The van der Waals surface area contributed by atoms with Gasteiger partial charge in [-0.2, -0.15) is 0 Å². The maximum absolute atomic E-state index is 12.3. The van der Waals surface area contributed by atoms with Gasteiger partial charge in [0.2, 0.25) is 0 Å². The van der Waals surface area contributed by atoms with Crippen molar-refractivity contribution >= 4 is 23.5 Å². The molecule has 0 heterocycles. The van der Waals surface area contributed by atoms with E-state index in [2.05, 4.69) is 10.1 Å². The number of hydrogen-bond acceptors (Lipinski definition) is 7. The predicted molar refractivity (Wildman–Crippen MR) is 101 cm³/mol. The minimum atomic E-state index is -0.699. The maximum Gasteiger partial charge on any atom is 0.338 e. The molecule has 1 amide bonds. The van der Waals surface area contributed by atoms with E-state index in [0.717, 1.165) is 5.56 Å². The summed E-state index contributed by atoms with van der Waals surface area (Å²) in [6, 6.07) is 9.23. The van der Waals surface area contributed by atoms with E-state index < -0.39 is 24.5 Å². The molecule has 0 spiro atoms. The summed E-state index contributed by atoms with van der Waals surface area (Å²) in [6.45, 7) is 1.29. The van der Waals surface area contributed by atoms with Crippen LogP contribution in [0.4, 0.5) is 5.69 Å². The van der Waals surface area contributed by atoms with Gasteiger partial charge in [0, 0.05) is 11.3 Å². The normalized spacial score (nSPS) is 10.0. The van der Waals surface area contributed by atoms with Crippen molar-refractivity contribution < 1.29 is 33.3 Å². The van der Waals surface area contributed by atoms with Gasteiger partial charge >= 0.3 is 11.9 Å². The van der Waals surface area contributed by atoms with Crippen molar-refractivity contribution in [2.24, 2.45) is 0 Å². The number of benzene rings is 2. The SMILES string of the molecule is COC(=O)c1cccc(NC(=O)COC(=O)c2cc(OC)c(C)c(OC)c2)c1. The number of methoxy groups -OCH3 is 3. The first-order valence-corrected chi connectivity index (χ1v) is 8.27. The van der Waals surface area contributed by atoms with Crippen molar-refractivity contribution in [3.63, 3.8) is 0 Å². The largest absolute Gasteiger partial charge is 0.496 e. The van der Waals surface area contributed by atoms with E-state index in [0.29, 0.717) is 17.2 Å². The van der Waals surface area contributed by atoms with Crippen molar-refractivity contribution in [2.45, 2.75) is 6.92 Å². The number of carbonyl (C=O) groups is 3. The Morgan fingerprint density at radius 3 is 2.11 bits per heavy atom. The Balaban J connectivity index is 2.01. The van der Waals surface area contributed by atoms with Crippen LogP contribution < -0.4 is 14.8 Å². The molecule has 148 valence electrons. The molecule has 2 rings (SSSR count). The zero-order chi connectivity index (χ0) is 20.7. The van der Waals surface area contributed by atoms with E-state index in [1.807, 2.05) is 0 Å². The molecule has 8 nitrogen and oxygen atoms in total. The summed E-state index contributed by atoms with van der Waals surface area (Å²) in [7, 11) is 4.22. The van der Waals surface area contributed by atoms with Gasteiger partial charge in [0.15, 0.2) is 6.61 Å². The Bertz CT molecular complexity index is 867. The van der Waals surface area contributed by atoms with Crippen molar-refractivity contribution in [3.8, 4) is 11.5 Å². The molecular formula is C20H21NO7. The van der Waals surface area contributed by atoms with Gasteiger partial charge in [-0.25, -0.2) is 9.59 Å². The van der Waals surface area contributed by atoms with Crippen molar-refractivity contribution in [3.05, 3.63) is 53.1 Å². The summed E-state index contributed by atoms with van der Waals surface area (Å²) < 4.78 is 20.1. The average molecular weight is 387 g/mol. The molecule has 8 heteroatoms. The second-order valence-corrected chi connectivity index (χ2v) is 5.70. The molecule has 0 bridgehead atoms. The number of rotatable bonds is 7. The number of hydrogen-bond donors (Lipinski definition) is 1. The topological polar surface area (TPSA) is 100 Å². The molecule has 0 unspecified atom stereocenters. The monoisotopic (exact) mass is 387 g/mol. The lowest BCUT2D eigenvalue weighted by molar-refractivity contribution is -0.119. The third-order valence-corrected chi connectivity index (χ3v) is 3.89. The molecule has 0 aromatic heterocycles. The van der Waals surface area contributed by atoms with E-state index in [-0.39, 0.29) is 11.1 Å². The van der Waals surface area contributed by atoms with Crippen LogP contribution in [-0.2, 0) is 14.3 Å². The number of ether oxygens (including phenoxy) is 4. The number of anilines is 1. The molecule has 2 aromatic rings. The Morgan fingerprint density at radius 2 is 1.54 bits per heavy atom. The van der Waals surface area contributed by atoms with Gasteiger partial charge in [-0.15, -0.1) is 0 Å². The van der Waals surface area contributed by atoms with Crippen LogP contribution in [0.5, 0.6) is 11.5 Å². The van der Waals surface area contributed by atoms with Gasteiger partial charge in [0.1, 0.15) is 11.5 Å². The molecule has 28 heavy (non-hydrogen) atoms. The zero-order valence-corrected chi connectivity index (χ0v) is 16.0. The van der Waals surface area contributed by atoms with Crippen LogP contribution >= 0.6 is 0 Å². The standard InChI is InChI=1S/C20H21NO7/c1-12-16(25-2)9-14(10-17(12)26-3)20(24)28-11-18(22)21-15-7-5-6-13(8-15)19(23)27-4/h5-10H,11H2,1-4H3,(H,21,22). The van der Waals surface area contributed by atoms with Gasteiger partial charge in [-0.05, 0) is 37.3 Å². The molecule has 0 fully saturated rings. The maximum atomic E-state index is 12.3. The van der Waals surface area contributed by atoms with Crippen molar-refractivity contribution in [1.82, 2.24) is 0 Å². The molecule has 0 aliphatic heterocycles. The molecule has 0 radical (unpaired) electrons. The summed E-state index contributed by atoms with van der Waals surface area (Å²) in [5.41, 5.74) is 1.60. The quantitative estimate of drug-likeness (QED) is 0.729. The summed E-state index contributed by atoms with van der Waals surface area (Å²) >= 11 is 0. The lowest BCUT2D eigenvalue weighted by atomic mass is 10.1. The summed E-state index contributed by atoms with van der Waals surface area (Å²) in [4.78, 5) is 35.8. The van der Waals surface area contributed by atoms with Gasteiger partial charge < -0.3 is 24.3 Å². The van der Waals surface area contributed by atoms with Gasteiger partial charge in [0.05, 0.1) is 32.5 Å². The van der Waals surface area contributed by atoms with E-state index in [9.17, 15) is 14.4 Å². The Hall–Kier alpha value is -3.55. The van der Waals surface area contributed by atoms with Gasteiger partial charge in [0.25, 0.3) is 5.91 Å². The van der Waals surface area contributed by atoms with E-state index in [1.165, 1.54) is 39.5 Å². The molecule has 1 N–H and O–H groups in total. The highest BCUT2D eigenvalue weighted by Gasteiger charge is 2.16. The predicted octanol–water partition coefficient (Wildman–Crippen LogP) is 2.59. The van der Waals surface area contributed by atoms with E-state index >= 15 is 0 Å². The van der Waals surface area contributed by atoms with Crippen LogP contribution in [0.3, 0.4) is 0 Å². The second kappa shape index (κ2) is 9.40. The smallest absolute Gasteiger partial charge is 0.338 e. The lowest BCUT2D eigenvalue weighted by Crippen LogP contribution is -2.21. The van der Waals surface area contributed by atoms with Gasteiger partial charge in [-0.1, -0.05) is 6.07 Å². The zero-order valence-electron chi connectivity index (χ0n) is 16.0. The Morgan fingerprint density at radius 1 is 0.893 bits per heavy atom. The van der Waals surface area contributed by atoms with Crippen LogP contribution in [0.1, 0.15) is 26.3 Å². The fourth-order valence-corrected chi connectivity index (χ4v) is 2.46. The van der Waals surface area contributed by atoms with Crippen molar-refractivity contribution in [2.75, 3.05) is 33.3 Å². The Kier molecular flexibility index (Phi) is 6.97. The number of carbonyl (C=O) groups excluding carboxylic acids is 3. The van der Waals surface area contributed by atoms with Crippen LogP contribution in [-0.4, -0.2) is 45.8 Å². The molecule has 0 aliphatic carbocycles. The number of nitrogens with one attached hydrogen (secondary N) is 1. The van der Waals surface area contributed by atoms with Crippen LogP contribution in [0.15, 0.2) is 36.4 Å². The first-order chi connectivity index (χ1) is 13.4. The van der Waals surface area contributed by atoms with Gasteiger partial charge in [-0.3, -0.25) is 4.79 Å². The Labute approximate surface area is 162 Å². The average Bonchev–Trinajstić information content (AvgIpc) is 2.71. The molecule has 2 aromatic carbocycles. The lowest BCUT2D eigenvalue weighted by Gasteiger charge is -2.12.